The summed E-state index contributed by atoms with van der Waals surface area (Å²) in [7, 11) is 0. The minimum atomic E-state index is -0.772. The van der Waals surface area contributed by atoms with Crippen LogP contribution in [0.5, 0.6) is 0 Å². The van der Waals surface area contributed by atoms with Crippen LogP contribution in [-0.2, 0) is 9.57 Å². The summed E-state index contributed by atoms with van der Waals surface area (Å²) in [5.74, 6) is 4.79. The highest BCUT2D eigenvalue weighted by Gasteiger charge is 2.18. The van der Waals surface area contributed by atoms with Crippen molar-refractivity contribution in [2.45, 2.75) is 25.7 Å². The molecule has 5 N–H and O–H groups in total. The lowest BCUT2D eigenvalue weighted by atomic mass is 10.3. The molecule has 0 heterocycles. The van der Waals surface area contributed by atoms with Crippen LogP contribution in [0.4, 0.5) is 0 Å². The van der Waals surface area contributed by atoms with E-state index in [1.807, 2.05) is 0 Å². The Bertz CT molecular complexity index is 102. The zero-order valence-corrected chi connectivity index (χ0v) is 6.91. The monoisotopic (exact) mass is 164 g/mol. The van der Waals surface area contributed by atoms with Gasteiger partial charge < -0.3 is 20.4 Å². The van der Waals surface area contributed by atoms with Crippen molar-refractivity contribution in [3.8, 4) is 0 Å². The second-order valence-corrected chi connectivity index (χ2v) is 2.86. The van der Waals surface area contributed by atoms with E-state index in [9.17, 15) is 0 Å². The molecule has 0 rings (SSSR count). The van der Waals surface area contributed by atoms with E-state index in [1.165, 1.54) is 0 Å². The van der Waals surface area contributed by atoms with Crippen LogP contribution in [0.15, 0.2) is 0 Å². The lowest BCUT2D eigenvalue weighted by molar-refractivity contribution is -0.116. The fraction of sp³-hybridized carbons (Fsp3) is 1.00. The van der Waals surface area contributed by atoms with Crippen molar-refractivity contribution in [1.29, 1.82) is 0 Å². The Labute approximate surface area is 66.2 Å². The first-order valence-electron chi connectivity index (χ1n) is 3.39. The Morgan fingerprint density at radius 3 is 2.36 bits per heavy atom. The smallest absolute Gasteiger partial charge is 0.111 e. The highest BCUT2D eigenvalue weighted by molar-refractivity contribution is 4.63. The number of rotatable bonds is 5. The van der Waals surface area contributed by atoms with Gasteiger partial charge in [-0.2, -0.15) is 0 Å². The molecule has 0 radical (unpaired) electrons. The molecule has 11 heavy (non-hydrogen) atoms. The maximum Gasteiger partial charge on any atom is 0.111 e. The van der Waals surface area contributed by atoms with Crippen LogP contribution in [-0.4, -0.2) is 30.1 Å². The summed E-state index contributed by atoms with van der Waals surface area (Å²) >= 11 is 0. The molecule has 1 atom stereocenters. The van der Waals surface area contributed by atoms with Crippen LogP contribution < -0.4 is 11.6 Å². The first-order chi connectivity index (χ1) is 4.99. The number of hydrogen-bond acceptors (Lipinski definition) is 5. The maximum atomic E-state index is 8.70. The summed E-state index contributed by atoms with van der Waals surface area (Å²) in [6, 6.07) is 0. The zero-order valence-electron chi connectivity index (χ0n) is 6.91. The van der Waals surface area contributed by atoms with Gasteiger partial charge in [-0.3, -0.25) is 0 Å². The average Bonchev–Trinajstić information content (AvgIpc) is 1.84. The Morgan fingerprint density at radius 1 is 1.55 bits per heavy atom. The molecule has 0 spiro atoms. The van der Waals surface area contributed by atoms with E-state index in [-0.39, 0.29) is 13.2 Å². The molecule has 1 unspecified atom stereocenters. The Hall–Kier alpha value is -0.200. The quantitative estimate of drug-likeness (QED) is 0.356. The molecule has 0 bridgehead atoms. The zero-order chi connectivity index (χ0) is 8.91. The summed E-state index contributed by atoms with van der Waals surface area (Å²) in [4.78, 5) is 4.30. The predicted octanol–water partition coefficient (Wildman–Crippen LogP) is -1.05. The average molecular weight is 164 g/mol. The summed E-state index contributed by atoms with van der Waals surface area (Å²) in [6.45, 7) is 3.35. The van der Waals surface area contributed by atoms with Gasteiger partial charge in [0.15, 0.2) is 0 Å². The predicted molar refractivity (Wildman–Crippen MR) is 40.4 cm³/mol. The number of ether oxygens (including phenoxy) is 1. The number of hydrogen-bond donors (Lipinski definition) is 3. The molecular formula is C6H16N2O3. The van der Waals surface area contributed by atoms with Gasteiger partial charge in [0.1, 0.15) is 11.8 Å². The van der Waals surface area contributed by atoms with Crippen molar-refractivity contribution in [3.63, 3.8) is 0 Å². The molecule has 0 aliphatic rings. The topological polar surface area (TPSA) is 90.7 Å². The van der Waals surface area contributed by atoms with Crippen LogP contribution in [0.3, 0.4) is 0 Å². The van der Waals surface area contributed by atoms with Gasteiger partial charge in [0, 0.05) is 0 Å². The van der Waals surface area contributed by atoms with Gasteiger partial charge in [0.25, 0.3) is 0 Å². The largest absolute Gasteiger partial charge is 0.394 e. The third kappa shape index (κ3) is 6.21. The molecule has 5 nitrogen and oxygen atoms in total. The highest BCUT2D eigenvalue weighted by atomic mass is 16.6. The molecule has 0 aromatic carbocycles. The van der Waals surface area contributed by atoms with Crippen LogP contribution in [0, 0.1) is 0 Å². The van der Waals surface area contributed by atoms with E-state index in [4.69, 9.17) is 21.5 Å². The van der Waals surface area contributed by atoms with Crippen molar-refractivity contribution < 1.29 is 14.7 Å². The van der Waals surface area contributed by atoms with E-state index in [0.29, 0.717) is 0 Å². The fourth-order valence-corrected chi connectivity index (χ4v) is 0.661. The molecule has 0 aliphatic carbocycles. The van der Waals surface area contributed by atoms with Gasteiger partial charge in [-0.1, -0.05) is 0 Å². The molecule has 0 aliphatic heterocycles. The van der Waals surface area contributed by atoms with E-state index >= 15 is 0 Å². The Kier molecular flexibility index (Phi) is 4.55. The first-order valence-corrected chi connectivity index (χ1v) is 3.39. The summed E-state index contributed by atoms with van der Waals surface area (Å²) in [6.07, 6.45) is -0.458. The molecule has 0 aromatic heterocycles. The van der Waals surface area contributed by atoms with Crippen LogP contribution >= 0.6 is 0 Å². The summed E-state index contributed by atoms with van der Waals surface area (Å²) in [5.41, 5.74) is 4.74. The first kappa shape index (κ1) is 10.8. The maximum absolute atomic E-state index is 8.70. The SMILES string of the molecule is CC(C)(N)OC(CO)CON. The van der Waals surface area contributed by atoms with Crippen molar-refractivity contribution in [2.75, 3.05) is 13.2 Å². The second-order valence-electron chi connectivity index (χ2n) is 2.86. The highest BCUT2D eigenvalue weighted by Crippen LogP contribution is 2.04. The van der Waals surface area contributed by atoms with Crippen molar-refractivity contribution in [1.82, 2.24) is 0 Å². The number of aliphatic hydroxyl groups is 1. The van der Waals surface area contributed by atoms with Crippen LogP contribution in [0.1, 0.15) is 13.8 Å². The van der Waals surface area contributed by atoms with E-state index < -0.39 is 11.8 Å². The number of aliphatic hydroxyl groups excluding tert-OH is 1. The lowest BCUT2D eigenvalue weighted by Crippen LogP contribution is -2.42. The molecule has 0 fully saturated rings. The van der Waals surface area contributed by atoms with Crippen LogP contribution in [0.25, 0.3) is 0 Å². The molecule has 0 saturated heterocycles. The fourth-order valence-electron chi connectivity index (χ4n) is 0.661. The third-order valence-corrected chi connectivity index (χ3v) is 0.956. The van der Waals surface area contributed by atoms with E-state index in [0.717, 1.165) is 0 Å². The van der Waals surface area contributed by atoms with Gasteiger partial charge in [-0.25, -0.2) is 5.90 Å². The minimum Gasteiger partial charge on any atom is -0.394 e. The number of nitrogens with two attached hydrogens (primary N) is 2. The summed E-state index contributed by atoms with van der Waals surface area (Å²) in [5, 5.41) is 8.70. The molecule has 0 amide bonds. The normalized spacial score (nSPS) is 15.0. The molecule has 0 saturated carbocycles. The van der Waals surface area contributed by atoms with Gasteiger partial charge in [0.05, 0.1) is 13.2 Å². The molecule has 0 aromatic rings. The Morgan fingerprint density at radius 2 is 2.09 bits per heavy atom. The van der Waals surface area contributed by atoms with Gasteiger partial charge >= 0.3 is 0 Å². The Balaban J connectivity index is 3.68. The van der Waals surface area contributed by atoms with E-state index in [1.54, 1.807) is 13.8 Å². The van der Waals surface area contributed by atoms with Crippen molar-refractivity contribution in [3.05, 3.63) is 0 Å². The van der Waals surface area contributed by atoms with Gasteiger partial charge in [0.2, 0.25) is 0 Å². The second kappa shape index (κ2) is 4.63. The van der Waals surface area contributed by atoms with Gasteiger partial charge in [-0.15, -0.1) is 0 Å². The third-order valence-electron chi connectivity index (χ3n) is 0.956. The molecular weight excluding hydrogens is 148 g/mol. The summed E-state index contributed by atoms with van der Waals surface area (Å²) < 4.78 is 5.15. The lowest BCUT2D eigenvalue weighted by Gasteiger charge is -2.25. The molecule has 68 valence electrons. The van der Waals surface area contributed by atoms with E-state index in [2.05, 4.69) is 4.84 Å². The van der Waals surface area contributed by atoms with Crippen LogP contribution in [0.2, 0.25) is 0 Å². The van der Waals surface area contributed by atoms with Crippen molar-refractivity contribution >= 4 is 0 Å². The minimum absolute atomic E-state index is 0.136. The molecule has 5 heteroatoms. The van der Waals surface area contributed by atoms with Crippen molar-refractivity contribution in [2.24, 2.45) is 11.6 Å². The standard InChI is InChI=1S/C6H16N2O3/c1-6(2,7)11-5(3-9)4-10-8/h5,9H,3-4,7-8H2,1-2H3. The van der Waals surface area contributed by atoms with Gasteiger partial charge in [-0.05, 0) is 13.8 Å².